The first-order valence-corrected chi connectivity index (χ1v) is 3.27. The predicted molar refractivity (Wildman–Crippen MR) is 37.9 cm³/mol. The molecule has 1 aromatic heterocycles. The van der Waals surface area contributed by atoms with Crippen LogP contribution in [-0.2, 0) is 15.9 Å². The Morgan fingerprint density at radius 2 is 2.27 bits per heavy atom. The summed E-state index contributed by atoms with van der Waals surface area (Å²) in [4.78, 5) is 2.85. The van der Waals surface area contributed by atoms with E-state index in [2.05, 4.69) is 15.2 Å². The number of hydrogen-bond donors (Lipinski definition) is 1. The fourth-order valence-corrected chi connectivity index (χ4v) is 0.751. The van der Waals surface area contributed by atoms with Crippen molar-refractivity contribution < 1.29 is 9.47 Å². The molecule has 0 bridgehead atoms. The Morgan fingerprint density at radius 1 is 1.55 bits per heavy atom. The zero-order valence-electron chi connectivity index (χ0n) is 6.57. The van der Waals surface area contributed by atoms with E-state index >= 15 is 0 Å². The first-order chi connectivity index (χ1) is 5.36. The highest BCUT2D eigenvalue weighted by atomic mass is 16.7. The number of H-pyrrole nitrogens is 1. The van der Waals surface area contributed by atoms with Crippen LogP contribution in [0, 0.1) is 0 Å². The molecule has 1 N–H and O–H groups in total. The molecule has 0 unspecified atom stereocenters. The van der Waals surface area contributed by atoms with Gasteiger partial charge in [-0.15, -0.1) is 10.2 Å². The van der Waals surface area contributed by atoms with Crippen LogP contribution in [-0.4, -0.2) is 35.7 Å². The molecule has 11 heavy (non-hydrogen) atoms. The van der Waals surface area contributed by atoms with Crippen LogP contribution in [0.4, 0.5) is 0 Å². The van der Waals surface area contributed by atoms with E-state index in [1.54, 1.807) is 14.2 Å². The lowest BCUT2D eigenvalue weighted by Crippen LogP contribution is -2.16. The summed E-state index contributed by atoms with van der Waals surface area (Å²) in [7, 11) is 3.18. The minimum atomic E-state index is -0.247. The van der Waals surface area contributed by atoms with Crippen molar-refractivity contribution in [2.24, 2.45) is 0 Å². The van der Waals surface area contributed by atoms with Crippen molar-refractivity contribution in [3.05, 3.63) is 12.2 Å². The lowest BCUT2D eigenvalue weighted by atomic mass is 10.4. The Hall–Kier alpha value is -0.940. The van der Waals surface area contributed by atoms with E-state index in [0.717, 1.165) is 5.82 Å². The number of methoxy groups -OCH3 is 2. The average molecular weight is 157 g/mol. The van der Waals surface area contributed by atoms with Gasteiger partial charge in [0.2, 0.25) is 0 Å². The molecule has 0 aliphatic rings. The number of hydrogen-bond acceptors (Lipinski definition) is 4. The normalized spacial score (nSPS) is 10.8. The van der Waals surface area contributed by atoms with Gasteiger partial charge >= 0.3 is 0 Å². The van der Waals surface area contributed by atoms with Crippen molar-refractivity contribution >= 4 is 0 Å². The highest BCUT2D eigenvalue weighted by Crippen LogP contribution is 1.98. The Bertz CT molecular complexity index is 184. The molecule has 0 saturated carbocycles. The molecule has 0 aliphatic carbocycles. The Labute approximate surface area is 64.7 Å². The van der Waals surface area contributed by atoms with E-state index in [-0.39, 0.29) is 6.29 Å². The zero-order valence-corrected chi connectivity index (χ0v) is 6.57. The van der Waals surface area contributed by atoms with Gasteiger partial charge in [-0.1, -0.05) is 0 Å². The van der Waals surface area contributed by atoms with Crippen molar-refractivity contribution in [3.63, 3.8) is 0 Å². The largest absolute Gasteiger partial charge is 0.355 e. The summed E-state index contributed by atoms with van der Waals surface area (Å²) in [5.41, 5.74) is 0. The van der Waals surface area contributed by atoms with Crippen LogP contribution < -0.4 is 0 Å². The molecule has 0 spiro atoms. The van der Waals surface area contributed by atoms with Crippen LogP contribution in [0.15, 0.2) is 6.33 Å². The molecule has 62 valence electrons. The minimum Gasteiger partial charge on any atom is -0.355 e. The van der Waals surface area contributed by atoms with Crippen molar-refractivity contribution in [1.29, 1.82) is 0 Å². The van der Waals surface area contributed by atoms with Crippen LogP contribution in [0.2, 0.25) is 0 Å². The number of nitrogens with one attached hydrogen (secondary N) is 1. The Morgan fingerprint density at radius 3 is 2.73 bits per heavy atom. The molecular weight excluding hydrogens is 146 g/mol. The zero-order chi connectivity index (χ0) is 8.10. The van der Waals surface area contributed by atoms with Gasteiger partial charge in [0.05, 0.1) is 6.42 Å². The van der Waals surface area contributed by atoms with Gasteiger partial charge in [0.1, 0.15) is 12.2 Å². The molecule has 5 heteroatoms. The number of aromatic amines is 1. The maximum atomic E-state index is 4.96. The SMILES string of the molecule is COC(Cc1nnc[nH]1)OC. The molecule has 0 radical (unpaired) electrons. The molecule has 0 amide bonds. The smallest absolute Gasteiger partial charge is 0.163 e. The first kappa shape index (κ1) is 8.16. The molecule has 1 heterocycles. The highest BCUT2D eigenvalue weighted by Gasteiger charge is 2.07. The molecule has 0 aromatic carbocycles. The number of nitrogens with zero attached hydrogens (tertiary/aromatic N) is 2. The lowest BCUT2D eigenvalue weighted by molar-refractivity contribution is -0.101. The molecule has 0 aliphatic heterocycles. The van der Waals surface area contributed by atoms with Crippen LogP contribution >= 0.6 is 0 Å². The van der Waals surface area contributed by atoms with Crippen LogP contribution in [0.3, 0.4) is 0 Å². The first-order valence-electron chi connectivity index (χ1n) is 3.27. The summed E-state index contributed by atoms with van der Waals surface area (Å²) in [6, 6.07) is 0. The van der Waals surface area contributed by atoms with Gasteiger partial charge < -0.3 is 14.5 Å². The van der Waals surface area contributed by atoms with E-state index < -0.39 is 0 Å². The van der Waals surface area contributed by atoms with Crippen molar-refractivity contribution in [2.45, 2.75) is 12.7 Å². The quantitative estimate of drug-likeness (QED) is 0.623. The number of ether oxygens (including phenoxy) is 2. The summed E-state index contributed by atoms with van der Waals surface area (Å²) in [5, 5.41) is 7.41. The topological polar surface area (TPSA) is 60.0 Å². The second kappa shape index (κ2) is 4.05. The highest BCUT2D eigenvalue weighted by molar-refractivity contribution is 4.80. The summed E-state index contributed by atoms with van der Waals surface area (Å²) in [5.74, 6) is 0.763. The van der Waals surface area contributed by atoms with Crippen LogP contribution in [0.5, 0.6) is 0 Å². The maximum absolute atomic E-state index is 4.96. The fourth-order valence-electron chi connectivity index (χ4n) is 0.751. The third-order valence-corrected chi connectivity index (χ3v) is 1.35. The van der Waals surface area contributed by atoms with Crippen LogP contribution in [0.25, 0.3) is 0 Å². The lowest BCUT2D eigenvalue weighted by Gasteiger charge is -2.10. The maximum Gasteiger partial charge on any atom is 0.163 e. The van der Waals surface area contributed by atoms with Crippen LogP contribution in [0.1, 0.15) is 5.82 Å². The second-order valence-electron chi connectivity index (χ2n) is 2.04. The Kier molecular flexibility index (Phi) is 3.00. The third kappa shape index (κ3) is 2.28. The summed E-state index contributed by atoms with van der Waals surface area (Å²) in [6.07, 6.45) is 1.87. The molecule has 1 rings (SSSR count). The third-order valence-electron chi connectivity index (χ3n) is 1.35. The van der Waals surface area contributed by atoms with E-state index in [9.17, 15) is 0 Å². The molecule has 5 nitrogen and oxygen atoms in total. The van der Waals surface area contributed by atoms with Gasteiger partial charge in [-0.05, 0) is 0 Å². The van der Waals surface area contributed by atoms with E-state index in [0.29, 0.717) is 6.42 Å². The summed E-state index contributed by atoms with van der Waals surface area (Å²) < 4.78 is 9.93. The average Bonchev–Trinajstić information content (AvgIpc) is 2.52. The minimum absolute atomic E-state index is 0.247. The van der Waals surface area contributed by atoms with Crippen molar-refractivity contribution in [3.8, 4) is 0 Å². The van der Waals surface area contributed by atoms with E-state index in [1.807, 2.05) is 0 Å². The van der Waals surface area contributed by atoms with Crippen molar-refractivity contribution in [2.75, 3.05) is 14.2 Å². The molecule has 0 saturated heterocycles. The van der Waals surface area contributed by atoms with Crippen molar-refractivity contribution in [1.82, 2.24) is 15.2 Å². The summed E-state index contributed by atoms with van der Waals surface area (Å²) in [6.45, 7) is 0. The second-order valence-corrected chi connectivity index (χ2v) is 2.04. The predicted octanol–water partition coefficient (Wildman–Crippen LogP) is -0.0339. The van der Waals surface area contributed by atoms with Gasteiger partial charge in [-0.3, -0.25) is 0 Å². The summed E-state index contributed by atoms with van der Waals surface area (Å²) >= 11 is 0. The fraction of sp³-hybridized carbons (Fsp3) is 0.667. The molecule has 0 fully saturated rings. The van der Waals surface area contributed by atoms with Gasteiger partial charge in [-0.25, -0.2) is 0 Å². The van der Waals surface area contributed by atoms with Gasteiger partial charge in [0.25, 0.3) is 0 Å². The van der Waals surface area contributed by atoms with E-state index in [4.69, 9.17) is 9.47 Å². The molecule has 1 aromatic rings. The van der Waals surface area contributed by atoms with Gasteiger partial charge in [0.15, 0.2) is 6.29 Å². The standard InChI is InChI=1S/C6H11N3O2/c1-10-6(11-2)3-5-7-4-8-9-5/h4,6H,3H2,1-2H3,(H,7,8,9). The monoisotopic (exact) mass is 157 g/mol. The molecular formula is C6H11N3O2. The van der Waals surface area contributed by atoms with E-state index in [1.165, 1.54) is 6.33 Å². The number of aromatic nitrogens is 3. The van der Waals surface area contributed by atoms with Gasteiger partial charge in [-0.2, -0.15) is 0 Å². The number of rotatable bonds is 4. The van der Waals surface area contributed by atoms with Gasteiger partial charge in [0, 0.05) is 14.2 Å². The molecule has 0 atom stereocenters. The Balaban J connectivity index is 2.41.